The van der Waals surface area contributed by atoms with Crippen LogP contribution < -0.4 is 5.32 Å². The third-order valence-corrected chi connectivity index (χ3v) is 4.64. The van der Waals surface area contributed by atoms with E-state index in [2.05, 4.69) is 29.8 Å². The number of hydrogen-bond acceptors (Lipinski definition) is 4. The molecule has 1 saturated heterocycles. The second kappa shape index (κ2) is 7.76. The lowest BCUT2D eigenvalue weighted by Crippen LogP contribution is -2.45. The predicted molar refractivity (Wildman–Crippen MR) is 82.1 cm³/mol. The van der Waals surface area contributed by atoms with Crippen LogP contribution in [-0.2, 0) is 16.0 Å². The third kappa shape index (κ3) is 4.04. The quantitative estimate of drug-likeness (QED) is 0.834. The molecular formula is C15H24N2O2S. The second-order valence-electron chi connectivity index (χ2n) is 5.29. The molecule has 1 N–H and O–H groups in total. The molecule has 4 nitrogen and oxygen atoms in total. The van der Waals surface area contributed by atoms with Gasteiger partial charge in [0.25, 0.3) is 0 Å². The molecule has 20 heavy (non-hydrogen) atoms. The molecule has 1 amide bonds. The Bertz CT molecular complexity index is 408. The van der Waals surface area contributed by atoms with Crippen LogP contribution in [0.15, 0.2) is 17.5 Å². The summed E-state index contributed by atoms with van der Waals surface area (Å²) in [5.74, 6) is 0.169. The smallest absolute Gasteiger partial charge is 0.229 e. The molecular weight excluding hydrogens is 272 g/mol. The molecule has 2 rings (SSSR count). The van der Waals surface area contributed by atoms with Crippen molar-refractivity contribution in [3.05, 3.63) is 22.4 Å². The molecule has 112 valence electrons. The van der Waals surface area contributed by atoms with Gasteiger partial charge in [-0.15, -0.1) is 11.3 Å². The lowest BCUT2D eigenvalue weighted by molar-refractivity contribution is -0.134. The first-order valence-corrected chi connectivity index (χ1v) is 8.18. The summed E-state index contributed by atoms with van der Waals surface area (Å²) in [5.41, 5.74) is 0. The molecule has 0 radical (unpaired) electrons. The van der Waals surface area contributed by atoms with Gasteiger partial charge in [-0.1, -0.05) is 13.0 Å². The number of thiophene rings is 1. The zero-order valence-corrected chi connectivity index (χ0v) is 13.1. The molecule has 1 aromatic rings. The highest BCUT2D eigenvalue weighted by atomic mass is 32.1. The molecule has 0 aromatic carbocycles. The first-order valence-electron chi connectivity index (χ1n) is 7.31. The van der Waals surface area contributed by atoms with Gasteiger partial charge < -0.3 is 15.0 Å². The largest absolute Gasteiger partial charge is 0.379 e. The highest BCUT2D eigenvalue weighted by molar-refractivity contribution is 7.09. The van der Waals surface area contributed by atoms with Gasteiger partial charge in [0.05, 0.1) is 19.1 Å². The molecule has 5 heteroatoms. The number of hydrogen-bond donors (Lipinski definition) is 1. The van der Waals surface area contributed by atoms with Crippen molar-refractivity contribution in [3.63, 3.8) is 0 Å². The Morgan fingerprint density at radius 3 is 3.10 bits per heavy atom. The lowest BCUT2D eigenvalue weighted by Gasteiger charge is -2.24. The van der Waals surface area contributed by atoms with E-state index in [4.69, 9.17) is 4.74 Å². The van der Waals surface area contributed by atoms with Crippen LogP contribution in [0.2, 0.25) is 0 Å². The molecule has 0 saturated carbocycles. The fourth-order valence-corrected chi connectivity index (χ4v) is 3.15. The van der Waals surface area contributed by atoms with E-state index in [1.807, 2.05) is 11.9 Å². The minimum Gasteiger partial charge on any atom is -0.379 e. The van der Waals surface area contributed by atoms with Crippen molar-refractivity contribution in [1.82, 2.24) is 10.2 Å². The Kier molecular flexibility index (Phi) is 6.01. The monoisotopic (exact) mass is 296 g/mol. The van der Waals surface area contributed by atoms with Gasteiger partial charge in [-0.2, -0.15) is 0 Å². The number of amides is 1. The van der Waals surface area contributed by atoms with Crippen LogP contribution in [0.3, 0.4) is 0 Å². The Morgan fingerprint density at radius 1 is 1.55 bits per heavy atom. The normalized spacial score (nSPS) is 22.1. The van der Waals surface area contributed by atoms with E-state index in [0.29, 0.717) is 13.2 Å². The van der Waals surface area contributed by atoms with Crippen molar-refractivity contribution in [2.45, 2.75) is 25.8 Å². The van der Waals surface area contributed by atoms with E-state index in [-0.39, 0.29) is 17.9 Å². The Hall–Kier alpha value is -0.910. The van der Waals surface area contributed by atoms with Crippen molar-refractivity contribution >= 4 is 17.2 Å². The van der Waals surface area contributed by atoms with E-state index in [1.165, 1.54) is 4.88 Å². The first kappa shape index (κ1) is 15.5. The van der Waals surface area contributed by atoms with E-state index >= 15 is 0 Å². The van der Waals surface area contributed by atoms with Crippen LogP contribution in [0.5, 0.6) is 0 Å². The van der Waals surface area contributed by atoms with Crippen LogP contribution in [0.25, 0.3) is 0 Å². The Labute approximate surface area is 125 Å². The molecule has 0 spiro atoms. The van der Waals surface area contributed by atoms with E-state index < -0.39 is 0 Å². The standard InChI is InChI=1S/C15H24N2O2S/c1-3-7-16-14-11-19-10-13(14)15(18)17(2)8-6-12-5-4-9-20-12/h4-5,9,13-14,16H,3,6-8,10-11H2,1-2H3. The first-order chi connectivity index (χ1) is 9.72. The van der Waals surface area contributed by atoms with Gasteiger partial charge >= 0.3 is 0 Å². The molecule has 1 aliphatic rings. The molecule has 1 aliphatic heterocycles. The number of ether oxygens (including phenoxy) is 1. The third-order valence-electron chi connectivity index (χ3n) is 3.70. The van der Waals surface area contributed by atoms with Crippen LogP contribution in [-0.4, -0.2) is 50.2 Å². The summed E-state index contributed by atoms with van der Waals surface area (Å²) in [5, 5.41) is 5.49. The molecule has 0 bridgehead atoms. The second-order valence-corrected chi connectivity index (χ2v) is 6.33. The molecule has 2 heterocycles. The average molecular weight is 296 g/mol. The maximum atomic E-state index is 12.5. The maximum absolute atomic E-state index is 12.5. The zero-order valence-electron chi connectivity index (χ0n) is 12.3. The van der Waals surface area contributed by atoms with Gasteiger partial charge in [0, 0.05) is 24.5 Å². The number of nitrogens with one attached hydrogen (secondary N) is 1. The fourth-order valence-electron chi connectivity index (χ4n) is 2.45. The number of likely N-dealkylation sites (N-methyl/N-ethyl adjacent to an activating group) is 1. The summed E-state index contributed by atoms with van der Waals surface area (Å²) in [7, 11) is 1.89. The van der Waals surface area contributed by atoms with Gasteiger partial charge in [-0.3, -0.25) is 4.79 Å². The fraction of sp³-hybridized carbons (Fsp3) is 0.667. The molecule has 0 aliphatic carbocycles. The number of rotatable bonds is 7. The van der Waals surface area contributed by atoms with Crippen LogP contribution in [0.1, 0.15) is 18.2 Å². The highest BCUT2D eigenvalue weighted by Gasteiger charge is 2.35. The summed E-state index contributed by atoms with van der Waals surface area (Å²) in [4.78, 5) is 15.7. The summed E-state index contributed by atoms with van der Waals surface area (Å²) in [6.45, 7) is 5.04. The van der Waals surface area contributed by atoms with E-state index in [0.717, 1.165) is 25.9 Å². The highest BCUT2D eigenvalue weighted by Crippen LogP contribution is 2.17. The topological polar surface area (TPSA) is 41.6 Å². The number of carbonyl (C=O) groups is 1. The summed E-state index contributed by atoms with van der Waals surface area (Å²) < 4.78 is 5.48. The Morgan fingerprint density at radius 2 is 2.40 bits per heavy atom. The van der Waals surface area contributed by atoms with Crippen molar-refractivity contribution < 1.29 is 9.53 Å². The van der Waals surface area contributed by atoms with Gasteiger partial charge in [0.1, 0.15) is 0 Å². The maximum Gasteiger partial charge on any atom is 0.229 e. The van der Waals surface area contributed by atoms with Crippen molar-refractivity contribution in [3.8, 4) is 0 Å². The van der Waals surface area contributed by atoms with Crippen molar-refractivity contribution in [1.29, 1.82) is 0 Å². The zero-order chi connectivity index (χ0) is 14.4. The summed E-state index contributed by atoms with van der Waals surface area (Å²) in [6, 6.07) is 4.34. The predicted octanol–water partition coefficient (Wildman–Crippen LogP) is 1.76. The van der Waals surface area contributed by atoms with Crippen LogP contribution in [0, 0.1) is 5.92 Å². The van der Waals surface area contributed by atoms with Crippen molar-refractivity contribution in [2.24, 2.45) is 5.92 Å². The van der Waals surface area contributed by atoms with Crippen LogP contribution >= 0.6 is 11.3 Å². The van der Waals surface area contributed by atoms with Gasteiger partial charge in [-0.05, 0) is 30.8 Å². The summed E-state index contributed by atoms with van der Waals surface area (Å²) >= 11 is 1.75. The minimum atomic E-state index is -0.0325. The molecule has 1 aromatic heterocycles. The average Bonchev–Trinajstić information content (AvgIpc) is 3.12. The molecule has 2 atom stereocenters. The minimum absolute atomic E-state index is 0.0325. The number of nitrogens with zero attached hydrogens (tertiary/aromatic N) is 1. The van der Waals surface area contributed by atoms with Gasteiger partial charge in [0.2, 0.25) is 5.91 Å². The van der Waals surface area contributed by atoms with Gasteiger partial charge in [-0.25, -0.2) is 0 Å². The SMILES string of the molecule is CCCNC1COCC1C(=O)N(C)CCc1cccs1. The molecule has 2 unspecified atom stereocenters. The lowest BCUT2D eigenvalue weighted by atomic mass is 10.0. The van der Waals surface area contributed by atoms with E-state index in [9.17, 15) is 4.79 Å². The molecule has 1 fully saturated rings. The Balaban J connectivity index is 1.82. The van der Waals surface area contributed by atoms with Crippen molar-refractivity contribution in [2.75, 3.05) is 33.4 Å². The summed E-state index contributed by atoms with van der Waals surface area (Å²) in [6.07, 6.45) is 2.01. The van der Waals surface area contributed by atoms with E-state index in [1.54, 1.807) is 11.3 Å². The van der Waals surface area contributed by atoms with Crippen LogP contribution in [0.4, 0.5) is 0 Å². The van der Waals surface area contributed by atoms with Gasteiger partial charge in [0.15, 0.2) is 0 Å². The number of carbonyl (C=O) groups excluding carboxylic acids is 1.